The van der Waals surface area contributed by atoms with Crippen LogP contribution < -0.4 is 5.32 Å². The molecule has 0 bridgehead atoms. The largest absolute Gasteiger partial charge is 0.352 e. The number of nitrogens with one attached hydrogen (secondary N) is 1. The lowest BCUT2D eigenvalue weighted by Crippen LogP contribution is -2.57. The molecular weight excluding hydrogens is 582 g/mol. The molecule has 2 aliphatic rings. The number of benzene rings is 2. The molecule has 222 valence electrons. The highest BCUT2D eigenvalue weighted by Gasteiger charge is 2.43. The van der Waals surface area contributed by atoms with Gasteiger partial charge < -0.3 is 10.2 Å². The van der Waals surface area contributed by atoms with Crippen LogP contribution in [0.1, 0.15) is 25.7 Å². The summed E-state index contributed by atoms with van der Waals surface area (Å²) in [6, 6.07) is 6.87. The van der Waals surface area contributed by atoms with Gasteiger partial charge in [-0.05, 0) is 70.1 Å². The van der Waals surface area contributed by atoms with Gasteiger partial charge in [0.15, 0.2) is 0 Å². The fourth-order valence-corrected chi connectivity index (χ4v) is 7.55. The highest BCUT2D eigenvalue weighted by Crippen LogP contribution is 2.30. The highest BCUT2D eigenvalue weighted by atomic mass is 32.2. The Labute approximate surface area is 236 Å². The molecule has 15 nitrogen and oxygen atoms in total. The van der Waals surface area contributed by atoms with E-state index >= 15 is 0 Å². The van der Waals surface area contributed by atoms with Crippen molar-refractivity contribution in [2.45, 2.75) is 53.7 Å². The van der Waals surface area contributed by atoms with Gasteiger partial charge in [-0.25, -0.2) is 8.42 Å². The number of nitro groups is 2. The number of rotatable bonds is 9. The topological polar surface area (TPSA) is 199 Å². The van der Waals surface area contributed by atoms with E-state index in [9.17, 15) is 41.9 Å². The molecule has 0 saturated carbocycles. The monoisotopic (exact) mass is 611 g/mol. The van der Waals surface area contributed by atoms with Gasteiger partial charge in [0.25, 0.3) is 21.5 Å². The molecule has 17 heteroatoms. The van der Waals surface area contributed by atoms with E-state index in [1.807, 2.05) is 7.05 Å². The van der Waals surface area contributed by atoms with Crippen LogP contribution in [0.3, 0.4) is 0 Å². The predicted molar refractivity (Wildman–Crippen MR) is 144 cm³/mol. The Hall–Kier alpha value is -3.51. The Morgan fingerprint density at radius 1 is 0.854 bits per heavy atom. The fourth-order valence-electron chi connectivity index (χ4n) is 4.81. The van der Waals surface area contributed by atoms with Crippen molar-refractivity contribution >= 4 is 37.4 Å². The Kier molecular flexibility index (Phi) is 9.03. The number of carbonyl (C=O) groups excluding carboxylic acids is 1. The van der Waals surface area contributed by atoms with Crippen molar-refractivity contribution in [2.24, 2.45) is 0 Å². The molecule has 0 radical (unpaired) electrons. The van der Waals surface area contributed by atoms with Crippen LogP contribution in [0, 0.1) is 20.2 Å². The zero-order valence-electron chi connectivity index (χ0n) is 22.0. The lowest BCUT2D eigenvalue weighted by molar-refractivity contribution is -0.385. The molecule has 2 aromatic carbocycles. The highest BCUT2D eigenvalue weighted by molar-refractivity contribution is 7.89. The molecule has 2 saturated heterocycles. The average Bonchev–Trinajstić information content (AvgIpc) is 2.94. The van der Waals surface area contributed by atoms with E-state index in [1.54, 1.807) is 0 Å². The van der Waals surface area contributed by atoms with E-state index in [1.165, 1.54) is 0 Å². The first-order chi connectivity index (χ1) is 19.3. The molecular formula is C24H29N5O10S2. The summed E-state index contributed by atoms with van der Waals surface area (Å²) in [5.41, 5.74) is -0.644. The number of nitrogens with zero attached hydrogens (tertiary/aromatic N) is 4. The minimum absolute atomic E-state index is 0.0317. The summed E-state index contributed by atoms with van der Waals surface area (Å²) in [6.07, 6.45) is 0.178. The predicted octanol–water partition coefficient (Wildman–Crippen LogP) is 1.64. The number of nitro benzene ring substituents is 2. The third kappa shape index (κ3) is 7.05. The summed E-state index contributed by atoms with van der Waals surface area (Å²) in [5, 5.41) is 24.9. The van der Waals surface area contributed by atoms with Crippen molar-refractivity contribution in [3.63, 3.8) is 0 Å². The molecule has 1 amide bonds. The van der Waals surface area contributed by atoms with E-state index in [4.69, 9.17) is 4.18 Å². The van der Waals surface area contributed by atoms with Gasteiger partial charge in [-0.2, -0.15) is 12.7 Å². The fraction of sp³-hybridized carbons (Fsp3) is 0.458. The van der Waals surface area contributed by atoms with Gasteiger partial charge in [-0.1, -0.05) is 0 Å². The maximum Gasteiger partial charge on any atom is 0.297 e. The van der Waals surface area contributed by atoms with Crippen molar-refractivity contribution in [1.29, 1.82) is 0 Å². The number of sulfonamides is 1. The van der Waals surface area contributed by atoms with Crippen LogP contribution in [-0.2, 0) is 29.1 Å². The molecule has 1 N–H and O–H groups in total. The number of carbonyl (C=O) groups is 1. The average molecular weight is 612 g/mol. The smallest absolute Gasteiger partial charge is 0.297 e. The van der Waals surface area contributed by atoms with Crippen molar-refractivity contribution in [3.05, 3.63) is 68.8 Å². The van der Waals surface area contributed by atoms with Crippen molar-refractivity contribution in [2.75, 3.05) is 26.7 Å². The van der Waals surface area contributed by atoms with E-state index in [2.05, 4.69) is 10.2 Å². The summed E-state index contributed by atoms with van der Waals surface area (Å²) < 4.78 is 59.4. The summed E-state index contributed by atoms with van der Waals surface area (Å²) in [5.74, 6) is -0.526. The normalized spacial score (nSPS) is 21.3. The number of hydrogen-bond acceptors (Lipinski definition) is 11. The third-order valence-corrected chi connectivity index (χ3v) is 10.4. The number of hydrogen-bond donors (Lipinski definition) is 1. The quantitative estimate of drug-likeness (QED) is 0.245. The molecule has 0 aromatic heterocycles. The molecule has 0 unspecified atom stereocenters. The molecule has 2 aromatic rings. The SMILES string of the molecule is CN1CCC(NC(=O)[C@H]2CC[C@@H](OS(=O)(=O)c3ccc([N+](=O)[O-])cc3)CN2S(=O)(=O)c2ccc([N+](=O)[O-])cc2)CC1. The minimum atomic E-state index is -4.44. The van der Waals surface area contributed by atoms with Crippen LogP contribution in [-0.4, -0.2) is 86.7 Å². The van der Waals surface area contributed by atoms with E-state index < -0.39 is 54.6 Å². The second kappa shape index (κ2) is 12.2. The number of likely N-dealkylation sites (tertiary alicyclic amines) is 1. The van der Waals surface area contributed by atoms with Crippen molar-refractivity contribution in [1.82, 2.24) is 14.5 Å². The van der Waals surface area contributed by atoms with Gasteiger partial charge in [0.1, 0.15) is 6.04 Å². The van der Waals surface area contributed by atoms with Gasteiger partial charge in [0.2, 0.25) is 15.9 Å². The first kappa shape index (κ1) is 30.4. The Morgan fingerprint density at radius 2 is 1.37 bits per heavy atom. The Bertz CT molecular complexity index is 1510. The van der Waals surface area contributed by atoms with Crippen molar-refractivity contribution in [3.8, 4) is 0 Å². The summed E-state index contributed by atoms with van der Waals surface area (Å²) in [4.78, 5) is 35.4. The van der Waals surface area contributed by atoms with Crippen LogP contribution in [0.25, 0.3) is 0 Å². The summed E-state index contributed by atoms with van der Waals surface area (Å²) in [7, 11) is -6.90. The summed E-state index contributed by atoms with van der Waals surface area (Å²) in [6.45, 7) is 1.03. The van der Waals surface area contributed by atoms with Gasteiger partial charge in [0, 0.05) is 36.9 Å². The number of non-ortho nitro benzene ring substituents is 2. The van der Waals surface area contributed by atoms with Crippen LogP contribution in [0.4, 0.5) is 11.4 Å². The lowest BCUT2D eigenvalue weighted by atomic mass is 10.0. The van der Waals surface area contributed by atoms with Crippen molar-refractivity contribution < 1.29 is 35.7 Å². The minimum Gasteiger partial charge on any atom is -0.352 e. The van der Waals surface area contributed by atoms with Crippen LogP contribution in [0.2, 0.25) is 0 Å². The number of amides is 1. The lowest BCUT2D eigenvalue weighted by Gasteiger charge is -2.38. The molecule has 2 atom stereocenters. The second-order valence-electron chi connectivity index (χ2n) is 9.93. The molecule has 2 aliphatic heterocycles. The first-order valence-electron chi connectivity index (χ1n) is 12.7. The Balaban J connectivity index is 1.58. The van der Waals surface area contributed by atoms with Crippen LogP contribution in [0.5, 0.6) is 0 Å². The van der Waals surface area contributed by atoms with E-state index in [0.29, 0.717) is 12.8 Å². The van der Waals surface area contributed by atoms with E-state index in [0.717, 1.165) is 65.9 Å². The van der Waals surface area contributed by atoms with Crippen LogP contribution in [0.15, 0.2) is 58.3 Å². The molecule has 2 fully saturated rings. The zero-order valence-corrected chi connectivity index (χ0v) is 23.6. The standard InChI is InChI=1S/C24H29N5O10S2/c1-26-14-12-17(13-15-26)25-24(30)23-11-6-20(39-41(37,38)22-9-4-19(5-10-22)29(33)34)16-27(23)40(35,36)21-7-2-18(3-8-21)28(31)32/h2-5,7-10,17,20,23H,6,11-16H2,1H3,(H,25,30)/t20-,23-/m1/s1. The summed E-state index contributed by atoms with van der Waals surface area (Å²) >= 11 is 0. The van der Waals surface area contributed by atoms with Gasteiger partial charge >= 0.3 is 0 Å². The van der Waals surface area contributed by atoms with Gasteiger partial charge in [-0.15, -0.1) is 0 Å². The first-order valence-corrected chi connectivity index (χ1v) is 15.6. The van der Waals surface area contributed by atoms with Gasteiger partial charge in [-0.3, -0.25) is 29.2 Å². The van der Waals surface area contributed by atoms with Gasteiger partial charge in [0.05, 0.1) is 25.7 Å². The Morgan fingerprint density at radius 3 is 1.88 bits per heavy atom. The molecule has 4 rings (SSSR count). The second-order valence-corrected chi connectivity index (χ2v) is 13.4. The molecule has 0 spiro atoms. The maximum absolute atomic E-state index is 13.7. The van der Waals surface area contributed by atoms with E-state index in [-0.39, 0.29) is 40.0 Å². The molecule has 41 heavy (non-hydrogen) atoms. The van der Waals surface area contributed by atoms with Crippen LogP contribution >= 0.6 is 0 Å². The zero-order chi connectivity index (χ0) is 29.9. The molecule has 0 aliphatic carbocycles. The molecule has 2 heterocycles. The third-order valence-electron chi connectivity index (χ3n) is 7.11. The maximum atomic E-state index is 13.7. The number of piperidine rings is 2.